The number of benzene rings is 4. The first-order valence-corrected chi connectivity index (χ1v) is 16.1. The van der Waals surface area contributed by atoms with Crippen molar-refractivity contribution in [1.29, 1.82) is 0 Å². The fourth-order valence-corrected chi connectivity index (χ4v) is 7.73. The quantitative estimate of drug-likeness (QED) is 0.196. The number of fused-ring (bicyclic) bond motifs is 1. The van der Waals surface area contributed by atoms with Gasteiger partial charge in [0.25, 0.3) is 0 Å². The molecule has 2 aromatic heterocycles. The van der Waals surface area contributed by atoms with Crippen LogP contribution >= 0.6 is 22.7 Å². The lowest BCUT2D eigenvalue weighted by Crippen LogP contribution is -2.17. The molecule has 2 nitrogen and oxygen atoms in total. The molecule has 0 amide bonds. The Labute approximate surface area is 251 Å². The Morgan fingerprint density at radius 3 is 2.05 bits per heavy atom. The average molecular weight is 573 g/mol. The highest BCUT2D eigenvalue weighted by atomic mass is 32.1. The highest BCUT2D eigenvalue weighted by molar-refractivity contribution is 7.19. The van der Waals surface area contributed by atoms with Crippen LogP contribution in [-0.2, 0) is 0 Å². The number of thiazole rings is 1. The maximum absolute atomic E-state index is 5.38. The van der Waals surface area contributed by atoms with Gasteiger partial charge in [0.05, 0.1) is 5.69 Å². The predicted octanol–water partition coefficient (Wildman–Crippen LogP) is 11.4. The van der Waals surface area contributed by atoms with E-state index in [1.807, 2.05) is 11.3 Å². The molecular weight excluding hydrogens is 537 g/mol. The van der Waals surface area contributed by atoms with Crippen LogP contribution in [0, 0.1) is 6.92 Å². The summed E-state index contributed by atoms with van der Waals surface area (Å²) in [5.74, 6) is 0.792. The number of nitrogens with one attached hydrogen (secondary N) is 1. The van der Waals surface area contributed by atoms with Crippen molar-refractivity contribution in [3.05, 3.63) is 129 Å². The summed E-state index contributed by atoms with van der Waals surface area (Å²) in [5, 5.41) is 8.69. The molecule has 0 bridgehead atoms. The first kappa shape index (κ1) is 27.4. The van der Waals surface area contributed by atoms with Gasteiger partial charge in [-0.2, -0.15) is 0 Å². The first-order valence-electron chi connectivity index (χ1n) is 14.4. The Bertz CT molecular complexity index is 1770. The van der Waals surface area contributed by atoms with E-state index >= 15 is 0 Å². The van der Waals surface area contributed by atoms with Gasteiger partial charge in [0.1, 0.15) is 11.0 Å². The van der Waals surface area contributed by atoms with Crippen molar-refractivity contribution < 1.29 is 0 Å². The summed E-state index contributed by atoms with van der Waals surface area (Å²) >= 11 is 3.60. The molecule has 1 N–H and O–H groups in total. The Morgan fingerprint density at radius 2 is 1.32 bits per heavy atom. The molecule has 1 unspecified atom stereocenters. The maximum atomic E-state index is 5.38. The second kappa shape index (κ2) is 11.6. The van der Waals surface area contributed by atoms with Gasteiger partial charge in [-0.05, 0) is 52.6 Å². The lowest BCUT2D eigenvalue weighted by atomic mass is 9.90. The molecule has 6 aromatic rings. The topological polar surface area (TPSA) is 24.9 Å². The number of nitrogens with zero attached hydrogens (tertiary/aromatic N) is 1. The summed E-state index contributed by atoms with van der Waals surface area (Å²) in [6.45, 7) is 11.3. The lowest BCUT2D eigenvalue weighted by Gasteiger charge is -2.27. The van der Waals surface area contributed by atoms with Gasteiger partial charge in [-0.25, -0.2) is 4.98 Å². The number of aromatic nitrogens is 1. The SMILES string of the molecule is Cc1sc2ccccc2c1-c1csc(C(Nc2c(C(C)C)cccc2C(C)C)c2ccccc2-c2ccccc2)n1. The van der Waals surface area contributed by atoms with E-state index in [1.165, 1.54) is 54.0 Å². The highest BCUT2D eigenvalue weighted by Gasteiger charge is 2.26. The third kappa shape index (κ3) is 5.35. The van der Waals surface area contributed by atoms with Gasteiger partial charge in [0.15, 0.2) is 0 Å². The van der Waals surface area contributed by atoms with E-state index in [-0.39, 0.29) is 6.04 Å². The number of hydrogen-bond donors (Lipinski definition) is 1. The van der Waals surface area contributed by atoms with Crippen LogP contribution < -0.4 is 5.32 Å². The lowest BCUT2D eigenvalue weighted by molar-refractivity contribution is 0.820. The molecule has 6 rings (SSSR count). The van der Waals surface area contributed by atoms with E-state index in [0.29, 0.717) is 11.8 Å². The summed E-state index contributed by atoms with van der Waals surface area (Å²) in [5.41, 5.74) is 9.92. The summed E-state index contributed by atoms with van der Waals surface area (Å²) in [6, 6.07) is 34.8. The van der Waals surface area contributed by atoms with E-state index in [2.05, 4.69) is 142 Å². The van der Waals surface area contributed by atoms with Crippen LogP contribution in [0.5, 0.6) is 0 Å². The zero-order valence-corrected chi connectivity index (χ0v) is 25.9. The van der Waals surface area contributed by atoms with Crippen LogP contribution in [0.1, 0.15) is 72.1 Å². The second-order valence-corrected chi connectivity index (χ2v) is 13.4. The number of para-hydroxylation sites is 1. The molecule has 206 valence electrons. The third-order valence-electron chi connectivity index (χ3n) is 7.81. The zero-order chi connectivity index (χ0) is 28.5. The normalized spacial score (nSPS) is 12.4. The van der Waals surface area contributed by atoms with Crippen LogP contribution in [0.15, 0.2) is 102 Å². The second-order valence-electron chi connectivity index (χ2n) is 11.3. The number of thiophene rings is 1. The maximum Gasteiger partial charge on any atom is 0.120 e. The van der Waals surface area contributed by atoms with Crippen molar-refractivity contribution in [3.63, 3.8) is 0 Å². The molecule has 0 aliphatic rings. The summed E-state index contributed by atoms with van der Waals surface area (Å²) in [7, 11) is 0. The molecule has 0 aliphatic heterocycles. The monoisotopic (exact) mass is 572 g/mol. The molecule has 0 saturated carbocycles. The van der Waals surface area contributed by atoms with Gasteiger partial charge in [0, 0.05) is 31.6 Å². The van der Waals surface area contributed by atoms with Crippen LogP contribution in [0.4, 0.5) is 5.69 Å². The van der Waals surface area contributed by atoms with Crippen molar-refractivity contribution in [1.82, 2.24) is 4.98 Å². The van der Waals surface area contributed by atoms with Crippen LogP contribution in [0.3, 0.4) is 0 Å². The fraction of sp³-hybridized carbons (Fsp3) is 0.216. The Hall–Kier alpha value is -3.73. The van der Waals surface area contributed by atoms with Crippen molar-refractivity contribution in [3.8, 4) is 22.4 Å². The minimum absolute atomic E-state index is 0.104. The molecule has 0 aliphatic carbocycles. The van der Waals surface area contributed by atoms with Crippen LogP contribution in [-0.4, -0.2) is 4.98 Å². The van der Waals surface area contributed by atoms with Gasteiger partial charge in [0.2, 0.25) is 0 Å². The number of rotatable bonds is 8. The third-order valence-corrected chi connectivity index (χ3v) is 9.81. The van der Waals surface area contributed by atoms with E-state index in [4.69, 9.17) is 4.98 Å². The first-order chi connectivity index (χ1) is 19.9. The molecule has 0 spiro atoms. The van der Waals surface area contributed by atoms with Gasteiger partial charge in [-0.15, -0.1) is 22.7 Å². The molecule has 4 heteroatoms. The van der Waals surface area contributed by atoms with Crippen LogP contribution in [0.2, 0.25) is 0 Å². The molecule has 0 saturated heterocycles. The van der Waals surface area contributed by atoms with E-state index < -0.39 is 0 Å². The summed E-state index contributed by atoms with van der Waals surface area (Å²) < 4.78 is 1.31. The van der Waals surface area contributed by atoms with Crippen molar-refractivity contribution >= 4 is 38.4 Å². The minimum atomic E-state index is -0.104. The van der Waals surface area contributed by atoms with Gasteiger partial charge >= 0.3 is 0 Å². The van der Waals surface area contributed by atoms with Crippen molar-refractivity contribution in [2.24, 2.45) is 0 Å². The molecule has 0 fully saturated rings. The minimum Gasteiger partial charge on any atom is -0.372 e. The van der Waals surface area contributed by atoms with E-state index in [1.54, 1.807) is 11.3 Å². The molecule has 1 atom stereocenters. The molecule has 41 heavy (non-hydrogen) atoms. The number of hydrogen-bond acceptors (Lipinski definition) is 4. The Balaban J connectivity index is 1.54. The largest absolute Gasteiger partial charge is 0.372 e. The van der Waals surface area contributed by atoms with Gasteiger partial charge in [-0.1, -0.05) is 119 Å². The van der Waals surface area contributed by atoms with Gasteiger partial charge in [-0.3, -0.25) is 0 Å². The highest BCUT2D eigenvalue weighted by Crippen LogP contribution is 2.43. The molecule has 2 heterocycles. The van der Waals surface area contributed by atoms with E-state index in [0.717, 1.165) is 10.7 Å². The Kier molecular flexibility index (Phi) is 7.79. The van der Waals surface area contributed by atoms with E-state index in [9.17, 15) is 0 Å². The summed E-state index contributed by atoms with van der Waals surface area (Å²) in [4.78, 5) is 6.69. The number of anilines is 1. The van der Waals surface area contributed by atoms with Crippen molar-refractivity contribution in [2.75, 3.05) is 5.32 Å². The zero-order valence-electron chi connectivity index (χ0n) is 24.3. The van der Waals surface area contributed by atoms with Crippen molar-refractivity contribution in [2.45, 2.75) is 52.5 Å². The Morgan fingerprint density at radius 1 is 0.683 bits per heavy atom. The average Bonchev–Trinajstić information content (AvgIpc) is 3.59. The summed E-state index contributed by atoms with van der Waals surface area (Å²) in [6.07, 6.45) is 0. The molecule has 0 radical (unpaired) electrons. The number of aryl methyl sites for hydroxylation is 1. The predicted molar refractivity (Wildman–Crippen MR) is 180 cm³/mol. The standard InChI is InChI=1S/C37H36N2S2/c1-23(2)27-19-13-20-28(24(3)4)35(27)39-36(30-17-10-9-16-29(30)26-14-7-6-8-15-26)37-38-32(22-40-37)34-25(5)41-33-21-12-11-18-31(33)34/h6-24,36,39H,1-5H3. The fourth-order valence-electron chi connectivity index (χ4n) is 5.79. The smallest absolute Gasteiger partial charge is 0.120 e. The van der Waals surface area contributed by atoms with Gasteiger partial charge < -0.3 is 5.32 Å². The molecular formula is C37H36N2S2. The molecule has 4 aromatic carbocycles. The van der Waals surface area contributed by atoms with Crippen LogP contribution in [0.25, 0.3) is 32.5 Å².